The fraction of sp³-hybridized carbons (Fsp3) is 0.474. The molecular formula is C19H27N5O. The van der Waals surface area contributed by atoms with Crippen LogP contribution in [0.3, 0.4) is 0 Å². The first kappa shape index (κ1) is 19.0. The van der Waals surface area contributed by atoms with E-state index in [-0.39, 0.29) is 5.91 Å². The second-order valence-electron chi connectivity index (χ2n) is 6.33. The highest BCUT2D eigenvalue weighted by atomic mass is 16.1. The van der Waals surface area contributed by atoms with Gasteiger partial charge in [0.15, 0.2) is 0 Å². The summed E-state index contributed by atoms with van der Waals surface area (Å²) in [7, 11) is 2.16. The monoisotopic (exact) mass is 341 g/mol. The molecule has 1 atom stereocenters. The molecule has 6 heteroatoms. The molecule has 1 unspecified atom stereocenters. The van der Waals surface area contributed by atoms with Crippen molar-refractivity contribution in [2.75, 3.05) is 39.8 Å². The summed E-state index contributed by atoms with van der Waals surface area (Å²) < 4.78 is 0. The normalized spacial score (nSPS) is 18.2. The van der Waals surface area contributed by atoms with Crippen molar-refractivity contribution in [2.45, 2.75) is 19.9 Å². The molecule has 1 aliphatic heterocycles. The minimum absolute atomic E-state index is 0.208. The Hall–Kier alpha value is -2.36. The summed E-state index contributed by atoms with van der Waals surface area (Å²) in [6.07, 6.45) is 7.71. The summed E-state index contributed by atoms with van der Waals surface area (Å²) >= 11 is 0. The second-order valence-corrected chi connectivity index (χ2v) is 6.33. The lowest BCUT2D eigenvalue weighted by Gasteiger charge is -2.37. The smallest absolute Gasteiger partial charge is 0.267 e. The van der Waals surface area contributed by atoms with Gasteiger partial charge in [0.2, 0.25) is 0 Å². The highest BCUT2D eigenvalue weighted by Gasteiger charge is 2.20. The van der Waals surface area contributed by atoms with Crippen LogP contribution in [0.15, 0.2) is 36.1 Å². The van der Waals surface area contributed by atoms with E-state index in [2.05, 4.69) is 46.2 Å². The molecular weight excluding hydrogens is 314 g/mol. The Kier molecular flexibility index (Phi) is 6.99. The third-order valence-corrected chi connectivity index (χ3v) is 4.65. The quantitative estimate of drug-likeness (QED) is 0.773. The van der Waals surface area contributed by atoms with Gasteiger partial charge in [-0.2, -0.15) is 5.26 Å². The van der Waals surface area contributed by atoms with Crippen LogP contribution in [-0.4, -0.2) is 66.5 Å². The average Bonchev–Trinajstić information content (AvgIpc) is 3.11. The van der Waals surface area contributed by atoms with Gasteiger partial charge in [0.25, 0.3) is 5.91 Å². The molecule has 6 nitrogen and oxygen atoms in total. The summed E-state index contributed by atoms with van der Waals surface area (Å²) in [5.74, 6) is -0.208. The number of piperazine rings is 1. The molecule has 1 fully saturated rings. The number of aromatic nitrogens is 1. The molecule has 2 rings (SSSR count). The van der Waals surface area contributed by atoms with Gasteiger partial charge in [-0.3, -0.25) is 9.69 Å². The van der Waals surface area contributed by atoms with Crippen molar-refractivity contribution in [3.05, 3.63) is 47.3 Å². The van der Waals surface area contributed by atoms with E-state index in [1.807, 2.05) is 19.1 Å². The lowest BCUT2D eigenvalue weighted by atomic mass is 10.1. The number of likely N-dealkylation sites (N-methyl/N-ethyl adjacent to an activating group) is 1. The fourth-order valence-electron chi connectivity index (χ4n) is 2.93. The van der Waals surface area contributed by atoms with Gasteiger partial charge >= 0.3 is 0 Å². The van der Waals surface area contributed by atoms with Gasteiger partial charge in [0.05, 0.1) is 5.56 Å². The van der Waals surface area contributed by atoms with Gasteiger partial charge in [-0.25, -0.2) is 0 Å². The average molecular weight is 341 g/mol. The van der Waals surface area contributed by atoms with Crippen molar-refractivity contribution in [1.29, 1.82) is 5.26 Å². The van der Waals surface area contributed by atoms with E-state index in [1.54, 1.807) is 6.07 Å². The lowest BCUT2D eigenvalue weighted by molar-refractivity contribution is 0.0953. The zero-order chi connectivity index (χ0) is 18.2. The van der Waals surface area contributed by atoms with E-state index in [4.69, 9.17) is 5.26 Å². The van der Waals surface area contributed by atoms with E-state index in [0.29, 0.717) is 23.8 Å². The molecule has 1 aromatic rings. The summed E-state index contributed by atoms with van der Waals surface area (Å²) in [5, 5.41) is 11.6. The number of H-pyrrole nitrogens is 1. The lowest BCUT2D eigenvalue weighted by Crippen LogP contribution is -2.48. The number of amides is 1. The van der Waals surface area contributed by atoms with Crippen LogP contribution in [0.5, 0.6) is 0 Å². The third-order valence-electron chi connectivity index (χ3n) is 4.65. The van der Waals surface area contributed by atoms with Crippen molar-refractivity contribution in [3.63, 3.8) is 0 Å². The molecule has 1 aliphatic rings. The SMILES string of the molecule is C/C=C(\C=C/CNC(=O)c1cc(C#N)c[nH]1)C(C)N1CCN(C)CC1. The van der Waals surface area contributed by atoms with E-state index < -0.39 is 0 Å². The molecule has 2 heterocycles. The molecule has 25 heavy (non-hydrogen) atoms. The zero-order valence-electron chi connectivity index (χ0n) is 15.2. The number of nitriles is 1. The van der Waals surface area contributed by atoms with E-state index in [9.17, 15) is 4.79 Å². The van der Waals surface area contributed by atoms with Crippen LogP contribution in [0.1, 0.15) is 29.9 Å². The van der Waals surface area contributed by atoms with Gasteiger partial charge < -0.3 is 15.2 Å². The predicted molar refractivity (Wildman–Crippen MR) is 99.3 cm³/mol. The number of aromatic amines is 1. The maximum Gasteiger partial charge on any atom is 0.267 e. The van der Waals surface area contributed by atoms with E-state index in [0.717, 1.165) is 26.2 Å². The molecule has 2 N–H and O–H groups in total. The maximum atomic E-state index is 12.0. The van der Waals surface area contributed by atoms with Crippen LogP contribution < -0.4 is 5.32 Å². The molecule has 1 aromatic heterocycles. The summed E-state index contributed by atoms with van der Waals surface area (Å²) in [6, 6.07) is 3.91. The number of rotatable bonds is 6. The van der Waals surface area contributed by atoms with Crippen LogP contribution in [0, 0.1) is 11.3 Å². The first-order valence-corrected chi connectivity index (χ1v) is 8.67. The molecule has 0 bridgehead atoms. The van der Waals surface area contributed by atoms with E-state index >= 15 is 0 Å². The Bertz CT molecular complexity index is 674. The number of carbonyl (C=O) groups is 1. The van der Waals surface area contributed by atoms with Gasteiger partial charge in [0.1, 0.15) is 11.8 Å². The number of carbonyl (C=O) groups excluding carboxylic acids is 1. The Morgan fingerprint density at radius 2 is 2.16 bits per heavy atom. The number of allylic oxidation sites excluding steroid dienone is 1. The van der Waals surface area contributed by atoms with Gasteiger partial charge in [-0.1, -0.05) is 18.2 Å². The largest absolute Gasteiger partial charge is 0.356 e. The Morgan fingerprint density at radius 3 is 2.76 bits per heavy atom. The van der Waals surface area contributed by atoms with Gasteiger partial charge in [0, 0.05) is 45.0 Å². The molecule has 0 aliphatic carbocycles. The number of nitrogens with zero attached hydrogens (tertiary/aromatic N) is 3. The van der Waals surface area contributed by atoms with E-state index in [1.165, 1.54) is 11.8 Å². The van der Waals surface area contributed by atoms with Crippen LogP contribution in [0.25, 0.3) is 0 Å². The molecule has 0 saturated carbocycles. The molecule has 1 amide bonds. The van der Waals surface area contributed by atoms with Gasteiger partial charge in [-0.05, 0) is 32.5 Å². The number of hydrogen-bond acceptors (Lipinski definition) is 4. The molecule has 0 aromatic carbocycles. The van der Waals surface area contributed by atoms with Crippen molar-refractivity contribution >= 4 is 5.91 Å². The number of nitrogens with one attached hydrogen (secondary N) is 2. The van der Waals surface area contributed by atoms with Crippen LogP contribution in [-0.2, 0) is 0 Å². The third kappa shape index (κ3) is 5.31. The number of hydrogen-bond donors (Lipinski definition) is 2. The molecule has 134 valence electrons. The Labute approximate surface area is 149 Å². The van der Waals surface area contributed by atoms with Crippen molar-refractivity contribution < 1.29 is 4.79 Å². The molecule has 1 saturated heterocycles. The van der Waals surface area contributed by atoms with Crippen LogP contribution in [0.4, 0.5) is 0 Å². The summed E-state index contributed by atoms with van der Waals surface area (Å²) in [4.78, 5) is 19.6. The first-order valence-electron chi connectivity index (χ1n) is 8.67. The Morgan fingerprint density at radius 1 is 1.44 bits per heavy atom. The molecule has 0 radical (unpaired) electrons. The van der Waals surface area contributed by atoms with Crippen molar-refractivity contribution in [2.24, 2.45) is 0 Å². The second kappa shape index (κ2) is 9.21. The standard InChI is InChI=1S/C19H27N5O/c1-4-17(15(2)24-10-8-23(3)9-11-24)6-5-7-21-19(25)18-12-16(13-20)14-22-18/h4-6,12,14-15,22H,7-11H2,1-3H3,(H,21,25)/b6-5-,17-4+. The fourth-order valence-corrected chi connectivity index (χ4v) is 2.93. The summed E-state index contributed by atoms with van der Waals surface area (Å²) in [6.45, 7) is 9.08. The maximum absolute atomic E-state index is 12.0. The summed E-state index contributed by atoms with van der Waals surface area (Å²) in [5.41, 5.74) is 2.12. The minimum atomic E-state index is -0.208. The highest BCUT2D eigenvalue weighted by molar-refractivity contribution is 5.92. The molecule has 0 spiro atoms. The highest BCUT2D eigenvalue weighted by Crippen LogP contribution is 2.14. The minimum Gasteiger partial charge on any atom is -0.356 e. The Balaban J connectivity index is 1.82. The van der Waals surface area contributed by atoms with Crippen molar-refractivity contribution in [1.82, 2.24) is 20.1 Å². The van der Waals surface area contributed by atoms with Crippen LogP contribution in [0.2, 0.25) is 0 Å². The predicted octanol–water partition coefficient (Wildman–Crippen LogP) is 1.75. The van der Waals surface area contributed by atoms with Crippen LogP contribution >= 0.6 is 0 Å². The van der Waals surface area contributed by atoms with Crippen molar-refractivity contribution in [3.8, 4) is 6.07 Å². The van der Waals surface area contributed by atoms with Gasteiger partial charge in [-0.15, -0.1) is 0 Å². The first-order chi connectivity index (χ1) is 12.0. The zero-order valence-corrected chi connectivity index (χ0v) is 15.2. The topological polar surface area (TPSA) is 75.2 Å².